The first kappa shape index (κ1) is 18.8. The molecule has 29 heavy (non-hydrogen) atoms. The number of H-pyrrole nitrogens is 1. The molecule has 8 nitrogen and oxygen atoms in total. The Hall–Kier alpha value is -2.23. The molecule has 0 saturated carbocycles. The lowest BCUT2D eigenvalue weighted by molar-refractivity contribution is -0.00726. The highest BCUT2D eigenvalue weighted by Gasteiger charge is 2.41. The third-order valence-corrected chi connectivity index (χ3v) is 7.32. The molecule has 0 radical (unpaired) electrons. The van der Waals surface area contributed by atoms with Crippen LogP contribution >= 0.6 is 11.3 Å². The summed E-state index contributed by atoms with van der Waals surface area (Å²) >= 11 is 1.43. The minimum Gasteiger partial charge on any atom is -0.391 e. The summed E-state index contributed by atoms with van der Waals surface area (Å²) in [7, 11) is 2.12. The number of aliphatic hydroxyl groups is 1. The summed E-state index contributed by atoms with van der Waals surface area (Å²) in [5.74, 6) is 1.47. The molecule has 3 aromatic rings. The van der Waals surface area contributed by atoms with Crippen LogP contribution in [0.3, 0.4) is 0 Å². The summed E-state index contributed by atoms with van der Waals surface area (Å²) < 4.78 is 0. The average Bonchev–Trinajstić information content (AvgIpc) is 3.37. The lowest BCUT2D eigenvalue weighted by Crippen LogP contribution is -2.61. The summed E-state index contributed by atoms with van der Waals surface area (Å²) in [6.45, 7) is 3.54. The highest BCUT2D eigenvalue weighted by molar-refractivity contribution is 7.15. The van der Waals surface area contributed by atoms with Gasteiger partial charge in [-0.15, -0.1) is 0 Å². The Kier molecular flexibility index (Phi) is 4.89. The molecule has 3 N–H and O–H groups in total. The molecule has 5 heterocycles. The molecule has 9 heteroatoms. The molecule has 0 spiro atoms. The fraction of sp³-hybridized carbons (Fsp3) is 0.550. The van der Waals surface area contributed by atoms with E-state index in [0.717, 1.165) is 39.2 Å². The number of aromatic amines is 1. The number of piperidine rings is 1. The molecule has 2 aliphatic rings. The van der Waals surface area contributed by atoms with Gasteiger partial charge in [0, 0.05) is 44.1 Å². The topological polar surface area (TPSA) is 93.2 Å². The van der Waals surface area contributed by atoms with Crippen molar-refractivity contribution in [3.63, 3.8) is 0 Å². The second kappa shape index (κ2) is 7.55. The maximum atomic E-state index is 9.31. The van der Waals surface area contributed by atoms with E-state index >= 15 is 0 Å². The highest BCUT2D eigenvalue weighted by atomic mass is 32.1. The van der Waals surface area contributed by atoms with Gasteiger partial charge < -0.3 is 20.3 Å². The number of fused-ring (bicyclic) bond motifs is 2. The molecule has 0 unspecified atom stereocenters. The number of aromatic nitrogens is 4. The van der Waals surface area contributed by atoms with Gasteiger partial charge >= 0.3 is 0 Å². The first-order chi connectivity index (χ1) is 14.2. The molecule has 3 atom stereocenters. The predicted molar refractivity (Wildman–Crippen MR) is 116 cm³/mol. The first-order valence-electron chi connectivity index (χ1n) is 10.3. The zero-order chi connectivity index (χ0) is 20.0. The highest BCUT2D eigenvalue weighted by Crippen LogP contribution is 2.37. The number of rotatable bonds is 6. The number of thiazole rings is 1. The Balaban J connectivity index is 1.43. The van der Waals surface area contributed by atoms with Crippen LogP contribution in [0.15, 0.2) is 18.5 Å². The Morgan fingerprint density at radius 3 is 3.00 bits per heavy atom. The maximum absolute atomic E-state index is 9.31. The SMILES string of the molecule is CC[C@H]1C[C@H](N(C)c2nc(Nc3ncc(CO)s3)c3cc[nH]c3n2)C[C@H]2CCN21. The minimum atomic E-state index is -0.00483. The zero-order valence-corrected chi connectivity index (χ0v) is 17.6. The lowest BCUT2D eigenvalue weighted by atomic mass is 9.82. The Bertz CT molecular complexity index is 1000. The second-order valence-corrected chi connectivity index (χ2v) is 9.12. The van der Waals surface area contributed by atoms with Crippen molar-refractivity contribution in [2.45, 2.75) is 57.3 Å². The number of hydrogen-bond donors (Lipinski definition) is 3. The van der Waals surface area contributed by atoms with Crippen molar-refractivity contribution >= 4 is 39.3 Å². The van der Waals surface area contributed by atoms with Crippen LogP contribution in [0.4, 0.5) is 16.9 Å². The zero-order valence-electron chi connectivity index (χ0n) is 16.8. The van der Waals surface area contributed by atoms with Crippen molar-refractivity contribution in [1.29, 1.82) is 0 Å². The van der Waals surface area contributed by atoms with Gasteiger partial charge in [0.2, 0.25) is 5.95 Å². The van der Waals surface area contributed by atoms with Crippen LogP contribution < -0.4 is 10.2 Å². The Morgan fingerprint density at radius 1 is 1.38 bits per heavy atom. The van der Waals surface area contributed by atoms with Crippen molar-refractivity contribution in [3.8, 4) is 0 Å². The molecular formula is C20H27N7OS. The van der Waals surface area contributed by atoms with Gasteiger partial charge in [0.05, 0.1) is 16.9 Å². The molecule has 0 aromatic carbocycles. The summed E-state index contributed by atoms with van der Waals surface area (Å²) in [6, 6.07) is 3.79. The fourth-order valence-electron chi connectivity index (χ4n) is 4.66. The molecule has 154 valence electrons. The second-order valence-electron chi connectivity index (χ2n) is 8.01. The van der Waals surface area contributed by atoms with Crippen molar-refractivity contribution < 1.29 is 5.11 Å². The van der Waals surface area contributed by atoms with Crippen LogP contribution in [0.1, 0.15) is 37.5 Å². The van der Waals surface area contributed by atoms with E-state index in [0.29, 0.717) is 18.1 Å². The van der Waals surface area contributed by atoms with Crippen LogP contribution in [-0.4, -0.2) is 61.7 Å². The van der Waals surface area contributed by atoms with Gasteiger partial charge in [0.15, 0.2) is 5.13 Å². The molecule has 0 amide bonds. The van der Waals surface area contributed by atoms with E-state index < -0.39 is 0 Å². The van der Waals surface area contributed by atoms with Crippen LogP contribution in [-0.2, 0) is 6.61 Å². The summed E-state index contributed by atoms with van der Waals surface area (Å²) in [6.07, 6.45) is 8.41. The van der Waals surface area contributed by atoms with Gasteiger partial charge in [-0.3, -0.25) is 4.90 Å². The number of aliphatic hydroxyl groups excluding tert-OH is 1. The van der Waals surface area contributed by atoms with Crippen molar-refractivity contribution in [2.24, 2.45) is 0 Å². The lowest BCUT2D eigenvalue weighted by Gasteiger charge is -2.53. The number of nitrogens with one attached hydrogen (secondary N) is 2. The van der Waals surface area contributed by atoms with Crippen LogP contribution in [0.2, 0.25) is 0 Å². The van der Waals surface area contributed by atoms with Crippen molar-refractivity contribution in [1.82, 2.24) is 24.8 Å². The number of anilines is 3. The van der Waals surface area contributed by atoms with Crippen molar-refractivity contribution in [2.75, 3.05) is 23.8 Å². The molecule has 5 rings (SSSR count). The Morgan fingerprint density at radius 2 is 2.28 bits per heavy atom. The molecule has 2 saturated heterocycles. The van der Waals surface area contributed by atoms with E-state index in [-0.39, 0.29) is 6.61 Å². The third-order valence-electron chi connectivity index (χ3n) is 6.42. The van der Waals surface area contributed by atoms with Crippen LogP contribution in [0.25, 0.3) is 11.0 Å². The van der Waals surface area contributed by atoms with Crippen molar-refractivity contribution in [3.05, 3.63) is 23.3 Å². The van der Waals surface area contributed by atoms with Crippen LogP contribution in [0, 0.1) is 0 Å². The monoisotopic (exact) mass is 413 g/mol. The van der Waals surface area contributed by atoms with Crippen LogP contribution in [0.5, 0.6) is 0 Å². The molecule has 2 fully saturated rings. The van der Waals surface area contributed by atoms with Gasteiger partial charge in [-0.25, -0.2) is 4.98 Å². The molecule has 3 aromatic heterocycles. The molecule has 0 aliphatic carbocycles. The van der Waals surface area contributed by atoms with Gasteiger partial charge in [-0.2, -0.15) is 9.97 Å². The quantitative estimate of drug-likeness (QED) is 0.572. The van der Waals surface area contributed by atoms with E-state index in [2.05, 4.69) is 39.1 Å². The van der Waals surface area contributed by atoms with Gasteiger partial charge in [-0.1, -0.05) is 18.3 Å². The third kappa shape index (κ3) is 3.37. The number of nitrogens with zero attached hydrogens (tertiary/aromatic N) is 5. The number of hydrogen-bond acceptors (Lipinski definition) is 8. The fourth-order valence-corrected chi connectivity index (χ4v) is 5.33. The molecular weight excluding hydrogens is 386 g/mol. The van der Waals surface area contributed by atoms with E-state index in [4.69, 9.17) is 9.97 Å². The predicted octanol–water partition coefficient (Wildman–Crippen LogP) is 3.10. The van der Waals surface area contributed by atoms with E-state index in [9.17, 15) is 5.11 Å². The maximum Gasteiger partial charge on any atom is 0.229 e. The van der Waals surface area contributed by atoms with E-state index in [1.54, 1.807) is 6.20 Å². The summed E-state index contributed by atoms with van der Waals surface area (Å²) in [4.78, 5) is 23.0. The van der Waals surface area contributed by atoms with Gasteiger partial charge in [0.25, 0.3) is 0 Å². The van der Waals surface area contributed by atoms with E-state index in [1.165, 1.54) is 37.1 Å². The van der Waals surface area contributed by atoms with E-state index in [1.807, 2.05) is 12.3 Å². The van der Waals surface area contributed by atoms with Gasteiger partial charge in [0.1, 0.15) is 11.5 Å². The molecule has 2 aliphatic heterocycles. The minimum absolute atomic E-state index is 0.00483. The van der Waals surface area contributed by atoms with Gasteiger partial charge in [-0.05, 0) is 31.7 Å². The standard InChI is InChI=1S/C20H27N7OS/c1-3-12-8-14(9-13-5-7-27(12)13)26(2)19-23-17-16(4-6-21-17)18(24-19)25-20-22-10-15(11-28)29-20/h4,6,10,12-14,28H,3,5,7-9,11H2,1-2H3,(H2,21,22,23,24,25)/t12-,13+,14-/m0/s1. The molecule has 0 bridgehead atoms. The summed E-state index contributed by atoms with van der Waals surface area (Å²) in [5.41, 5.74) is 0.816. The summed E-state index contributed by atoms with van der Waals surface area (Å²) in [5, 5.41) is 14.3. The Labute approximate surface area is 174 Å². The average molecular weight is 414 g/mol. The first-order valence-corrected chi connectivity index (χ1v) is 11.1. The smallest absolute Gasteiger partial charge is 0.229 e. The normalized spacial score (nSPS) is 24.3. The largest absolute Gasteiger partial charge is 0.391 e.